The van der Waals surface area contributed by atoms with Crippen LogP contribution in [0.1, 0.15) is 17.5 Å². The third-order valence-corrected chi connectivity index (χ3v) is 1.58. The molecule has 1 atom stereocenters. The molecule has 0 fully saturated rings. The van der Waals surface area contributed by atoms with Gasteiger partial charge < -0.3 is 15.9 Å². The van der Waals surface area contributed by atoms with Crippen LogP contribution in [-0.4, -0.2) is 23.2 Å². The van der Waals surface area contributed by atoms with Gasteiger partial charge in [-0.2, -0.15) is 0 Å². The van der Waals surface area contributed by atoms with Gasteiger partial charge in [-0.15, -0.1) is 12.3 Å². The monoisotopic (exact) mass is 257 g/mol. The second kappa shape index (κ2) is 14.5. The van der Waals surface area contributed by atoms with E-state index in [0.29, 0.717) is 6.42 Å². The number of nitrogens with two attached hydrogens (primary N) is 1. The van der Waals surface area contributed by atoms with Crippen LogP contribution in [0.4, 0.5) is 0 Å². The number of primary amides is 1. The Balaban J connectivity index is 0. The molecule has 0 radical (unpaired) electrons. The molecule has 0 aromatic heterocycles. The summed E-state index contributed by atoms with van der Waals surface area (Å²) >= 11 is 5.36. The number of aliphatic hydroxyl groups excluding tert-OH is 2. The zero-order valence-electron chi connectivity index (χ0n) is 9.29. The van der Waals surface area contributed by atoms with E-state index in [9.17, 15) is 0 Å². The smallest absolute Gasteiger partial charge is 0.204 e. The maximum atomic E-state index is 8.79. The lowest BCUT2D eigenvalue weighted by Crippen LogP contribution is -1.84. The molecule has 94 valence electrons. The number of terminal acetylenes is 1. The molecule has 5 heteroatoms. The number of amides is 1. The van der Waals surface area contributed by atoms with Crippen molar-refractivity contribution in [1.82, 2.24) is 0 Å². The fourth-order valence-corrected chi connectivity index (χ4v) is 0.822. The summed E-state index contributed by atoms with van der Waals surface area (Å²) in [5.74, 6) is 2.27. The van der Waals surface area contributed by atoms with Gasteiger partial charge in [0, 0.05) is 6.42 Å². The normalized spacial score (nSPS) is 9.53. The largest absolute Gasteiger partial charge is 0.395 e. The van der Waals surface area contributed by atoms with Gasteiger partial charge in [-0.3, -0.25) is 4.79 Å². The number of rotatable bonds is 2. The van der Waals surface area contributed by atoms with Crippen molar-refractivity contribution in [3.63, 3.8) is 0 Å². The highest BCUT2D eigenvalue weighted by molar-refractivity contribution is 6.19. The molecule has 1 unspecified atom stereocenters. The molecule has 1 amide bonds. The zero-order valence-corrected chi connectivity index (χ0v) is 10.0. The minimum atomic E-state index is -0.869. The first kappa shape index (κ1) is 17.8. The predicted octanol–water partition coefficient (Wildman–Crippen LogP) is 1.02. The fraction of sp³-hybridized carbons (Fsp3) is 0.250. The van der Waals surface area contributed by atoms with E-state index >= 15 is 0 Å². The van der Waals surface area contributed by atoms with Crippen molar-refractivity contribution < 1.29 is 15.0 Å². The number of carbonyl (C=O) groups excluding carboxylic acids is 1. The first-order valence-electron chi connectivity index (χ1n) is 4.70. The van der Waals surface area contributed by atoms with E-state index in [-0.39, 0.29) is 13.0 Å². The number of carbonyl (C=O) groups is 1. The summed E-state index contributed by atoms with van der Waals surface area (Å²) in [4.78, 5) is 8.58. The van der Waals surface area contributed by atoms with Crippen LogP contribution in [-0.2, 0) is 4.79 Å². The molecule has 1 rings (SSSR count). The molecule has 0 aliphatic rings. The van der Waals surface area contributed by atoms with Crippen LogP contribution >= 0.6 is 11.6 Å². The van der Waals surface area contributed by atoms with Crippen LogP contribution in [0.3, 0.4) is 0 Å². The SMILES string of the molecule is C#CCCO.NC=O.OC(Cl)c1ccccc1. The van der Waals surface area contributed by atoms with Gasteiger partial charge in [-0.25, -0.2) is 0 Å². The van der Waals surface area contributed by atoms with E-state index in [1.807, 2.05) is 18.2 Å². The third kappa shape index (κ3) is 14.5. The fourth-order valence-electron chi connectivity index (χ4n) is 0.676. The molecular formula is C12H16ClNO3. The van der Waals surface area contributed by atoms with E-state index in [4.69, 9.17) is 33.0 Å². The molecule has 0 heterocycles. The second-order valence-corrected chi connectivity index (χ2v) is 2.97. The summed E-state index contributed by atoms with van der Waals surface area (Å²) in [5, 5.41) is 16.7. The molecule has 4 N–H and O–H groups in total. The lowest BCUT2D eigenvalue weighted by Gasteiger charge is -1.98. The maximum absolute atomic E-state index is 8.79. The standard InChI is InChI=1S/C7H7ClO.C4H6O.CH3NO/c8-7(9)6-4-2-1-3-5-6;1-2-3-4-5;2-1-3/h1-5,7,9H;1,5H,3-4H2;1H,(H2,2,3). The molecule has 17 heavy (non-hydrogen) atoms. The molecule has 0 bridgehead atoms. The molecule has 0 aliphatic carbocycles. The summed E-state index contributed by atoms with van der Waals surface area (Å²) in [6.45, 7) is 0.108. The lowest BCUT2D eigenvalue weighted by atomic mass is 10.2. The molecule has 0 saturated heterocycles. The molecule has 4 nitrogen and oxygen atoms in total. The number of hydrogen-bond donors (Lipinski definition) is 3. The van der Waals surface area contributed by atoms with E-state index in [1.54, 1.807) is 12.1 Å². The van der Waals surface area contributed by atoms with Gasteiger partial charge in [0.15, 0.2) is 5.56 Å². The van der Waals surface area contributed by atoms with Crippen LogP contribution < -0.4 is 5.73 Å². The zero-order chi connectivity index (χ0) is 13.5. The van der Waals surface area contributed by atoms with Crippen molar-refractivity contribution in [3.8, 4) is 12.3 Å². The summed E-state index contributed by atoms with van der Waals surface area (Å²) in [6.07, 6.45) is 5.45. The Morgan fingerprint density at radius 3 is 2.12 bits per heavy atom. The van der Waals surface area contributed by atoms with Crippen LogP contribution in [0.2, 0.25) is 0 Å². The summed E-state index contributed by atoms with van der Waals surface area (Å²) in [7, 11) is 0. The Hall–Kier alpha value is -1.54. The highest BCUT2D eigenvalue weighted by Crippen LogP contribution is 2.14. The van der Waals surface area contributed by atoms with Crippen molar-refractivity contribution in [2.45, 2.75) is 12.0 Å². The van der Waals surface area contributed by atoms with Gasteiger partial charge >= 0.3 is 0 Å². The minimum Gasteiger partial charge on any atom is -0.395 e. The van der Waals surface area contributed by atoms with Crippen LogP contribution in [0.15, 0.2) is 30.3 Å². The number of aliphatic hydroxyl groups is 2. The summed E-state index contributed by atoms with van der Waals surface area (Å²) in [5.41, 5.74) is 4.03. The summed E-state index contributed by atoms with van der Waals surface area (Å²) in [6, 6.07) is 9.10. The Kier molecular flexibility index (Phi) is 15.2. The van der Waals surface area contributed by atoms with Gasteiger partial charge in [0.25, 0.3) is 0 Å². The minimum absolute atomic E-state index is 0.108. The van der Waals surface area contributed by atoms with Gasteiger partial charge in [-0.05, 0) is 5.56 Å². The lowest BCUT2D eigenvalue weighted by molar-refractivity contribution is -0.106. The maximum Gasteiger partial charge on any atom is 0.204 e. The van der Waals surface area contributed by atoms with E-state index < -0.39 is 5.56 Å². The van der Waals surface area contributed by atoms with E-state index in [1.165, 1.54) is 0 Å². The van der Waals surface area contributed by atoms with Gasteiger partial charge in [-0.1, -0.05) is 41.9 Å². The number of halogens is 1. The first-order valence-corrected chi connectivity index (χ1v) is 5.14. The molecule has 1 aromatic rings. The average molecular weight is 258 g/mol. The van der Waals surface area contributed by atoms with Crippen molar-refractivity contribution in [2.75, 3.05) is 6.61 Å². The Morgan fingerprint density at radius 2 is 1.94 bits per heavy atom. The predicted molar refractivity (Wildman–Crippen MR) is 68.0 cm³/mol. The molecule has 0 saturated carbocycles. The third-order valence-electron chi connectivity index (χ3n) is 1.33. The first-order chi connectivity index (χ1) is 8.13. The van der Waals surface area contributed by atoms with Crippen LogP contribution in [0.25, 0.3) is 0 Å². The van der Waals surface area contributed by atoms with Gasteiger partial charge in [0.05, 0.1) is 6.61 Å². The number of hydrogen-bond acceptors (Lipinski definition) is 3. The Labute approximate surface area is 106 Å². The highest BCUT2D eigenvalue weighted by Gasteiger charge is 1.97. The quantitative estimate of drug-likeness (QED) is 0.420. The van der Waals surface area contributed by atoms with E-state index in [2.05, 4.69) is 11.7 Å². The highest BCUT2D eigenvalue weighted by atomic mass is 35.5. The van der Waals surface area contributed by atoms with Crippen LogP contribution in [0, 0.1) is 12.3 Å². The van der Waals surface area contributed by atoms with Crippen molar-refractivity contribution >= 4 is 18.0 Å². The second-order valence-electron chi connectivity index (χ2n) is 2.56. The van der Waals surface area contributed by atoms with Gasteiger partial charge in [0.1, 0.15) is 0 Å². The van der Waals surface area contributed by atoms with Gasteiger partial charge in [0.2, 0.25) is 6.41 Å². The number of benzene rings is 1. The molecule has 1 aromatic carbocycles. The average Bonchev–Trinajstić information content (AvgIpc) is 2.33. The summed E-state index contributed by atoms with van der Waals surface area (Å²) < 4.78 is 0. The van der Waals surface area contributed by atoms with Crippen molar-refractivity contribution in [2.24, 2.45) is 5.73 Å². The Morgan fingerprint density at radius 1 is 1.47 bits per heavy atom. The van der Waals surface area contributed by atoms with Crippen molar-refractivity contribution in [1.29, 1.82) is 0 Å². The topological polar surface area (TPSA) is 83.5 Å². The molecule has 0 aliphatic heterocycles. The number of alkyl halides is 1. The molecular weight excluding hydrogens is 242 g/mol. The molecule has 0 spiro atoms. The Bertz CT molecular complexity index is 309. The van der Waals surface area contributed by atoms with Crippen LogP contribution in [0.5, 0.6) is 0 Å². The van der Waals surface area contributed by atoms with E-state index in [0.717, 1.165) is 5.56 Å². The van der Waals surface area contributed by atoms with Crippen molar-refractivity contribution in [3.05, 3.63) is 35.9 Å².